The third kappa shape index (κ3) is 1.61. The number of nitrogens with zero attached hydrogens (tertiary/aromatic N) is 5. The van der Waals surface area contributed by atoms with Crippen LogP contribution in [0.2, 0.25) is 0 Å². The SMILES string of the molecule is CCN(C)c1noc(-c2cn[nH]c2C#N)n1. The van der Waals surface area contributed by atoms with Crippen LogP contribution in [-0.2, 0) is 0 Å². The van der Waals surface area contributed by atoms with Crippen molar-refractivity contribution in [3.8, 4) is 17.5 Å². The maximum absolute atomic E-state index is 8.81. The van der Waals surface area contributed by atoms with E-state index in [1.165, 1.54) is 6.20 Å². The molecular formula is C9H10N6O. The van der Waals surface area contributed by atoms with Gasteiger partial charge in [0, 0.05) is 13.6 Å². The summed E-state index contributed by atoms with van der Waals surface area (Å²) in [5.74, 6) is 0.781. The van der Waals surface area contributed by atoms with Gasteiger partial charge in [-0.3, -0.25) is 5.10 Å². The van der Waals surface area contributed by atoms with Gasteiger partial charge in [-0.05, 0) is 12.1 Å². The summed E-state index contributed by atoms with van der Waals surface area (Å²) in [4.78, 5) is 6.00. The molecule has 0 bridgehead atoms. The van der Waals surface area contributed by atoms with Gasteiger partial charge in [0.25, 0.3) is 11.8 Å². The summed E-state index contributed by atoms with van der Waals surface area (Å²) in [6.45, 7) is 2.75. The Labute approximate surface area is 91.7 Å². The molecule has 2 aromatic heterocycles. The van der Waals surface area contributed by atoms with Crippen molar-refractivity contribution in [3.63, 3.8) is 0 Å². The molecule has 0 aromatic carbocycles. The molecule has 2 aromatic rings. The Morgan fingerprint density at radius 1 is 1.62 bits per heavy atom. The van der Waals surface area contributed by atoms with Crippen LogP contribution in [0.15, 0.2) is 10.7 Å². The van der Waals surface area contributed by atoms with Crippen LogP contribution in [0.25, 0.3) is 11.5 Å². The molecule has 2 heterocycles. The molecule has 2 rings (SSSR count). The maximum atomic E-state index is 8.81. The third-order valence-corrected chi connectivity index (χ3v) is 2.21. The average Bonchev–Trinajstić information content (AvgIpc) is 2.95. The highest BCUT2D eigenvalue weighted by Crippen LogP contribution is 2.21. The Hall–Kier alpha value is -2.36. The fourth-order valence-corrected chi connectivity index (χ4v) is 1.16. The Balaban J connectivity index is 2.36. The fourth-order valence-electron chi connectivity index (χ4n) is 1.16. The van der Waals surface area contributed by atoms with Crippen molar-refractivity contribution >= 4 is 5.95 Å². The minimum absolute atomic E-state index is 0.292. The zero-order chi connectivity index (χ0) is 11.5. The van der Waals surface area contributed by atoms with E-state index in [1.54, 1.807) is 0 Å². The van der Waals surface area contributed by atoms with E-state index >= 15 is 0 Å². The Bertz CT molecular complexity index is 522. The highest BCUT2D eigenvalue weighted by molar-refractivity contribution is 5.60. The highest BCUT2D eigenvalue weighted by Gasteiger charge is 2.15. The van der Waals surface area contributed by atoms with Crippen LogP contribution in [0.4, 0.5) is 5.95 Å². The molecule has 0 unspecified atom stereocenters. The van der Waals surface area contributed by atoms with Crippen LogP contribution in [-0.4, -0.2) is 33.9 Å². The molecule has 82 valence electrons. The summed E-state index contributed by atoms with van der Waals surface area (Å²) >= 11 is 0. The standard InChI is InChI=1S/C9H10N6O/c1-3-15(2)9-12-8(16-14-9)6-5-11-13-7(6)4-10/h5H,3H2,1-2H3,(H,11,13). The fraction of sp³-hybridized carbons (Fsp3) is 0.333. The second-order valence-corrected chi connectivity index (χ2v) is 3.18. The predicted molar refractivity (Wildman–Crippen MR) is 55.5 cm³/mol. The smallest absolute Gasteiger partial charge is 0.266 e. The molecule has 0 radical (unpaired) electrons. The van der Waals surface area contributed by atoms with Gasteiger partial charge in [-0.2, -0.15) is 15.3 Å². The lowest BCUT2D eigenvalue weighted by atomic mass is 10.2. The Morgan fingerprint density at radius 3 is 3.12 bits per heavy atom. The normalized spacial score (nSPS) is 10.1. The molecule has 0 saturated heterocycles. The number of hydrogen-bond acceptors (Lipinski definition) is 6. The lowest BCUT2D eigenvalue weighted by molar-refractivity contribution is 0.430. The van der Waals surface area contributed by atoms with Gasteiger partial charge in [-0.15, -0.1) is 0 Å². The van der Waals surface area contributed by atoms with Gasteiger partial charge in [0.2, 0.25) is 0 Å². The molecule has 7 heteroatoms. The number of rotatable bonds is 3. The van der Waals surface area contributed by atoms with Gasteiger partial charge >= 0.3 is 0 Å². The maximum Gasteiger partial charge on any atom is 0.266 e. The Morgan fingerprint density at radius 2 is 2.44 bits per heavy atom. The van der Waals surface area contributed by atoms with Crippen molar-refractivity contribution in [2.24, 2.45) is 0 Å². The number of anilines is 1. The summed E-state index contributed by atoms with van der Waals surface area (Å²) in [5.41, 5.74) is 0.833. The van der Waals surface area contributed by atoms with Gasteiger partial charge in [-0.1, -0.05) is 0 Å². The molecule has 0 aliphatic rings. The van der Waals surface area contributed by atoms with Crippen LogP contribution < -0.4 is 4.90 Å². The van der Waals surface area contributed by atoms with Crippen molar-refractivity contribution in [1.29, 1.82) is 5.26 Å². The average molecular weight is 218 g/mol. The van der Waals surface area contributed by atoms with Gasteiger partial charge < -0.3 is 9.42 Å². The van der Waals surface area contributed by atoms with Crippen molar-refractivity contribution in [2.75, 3.05) is 18.5 Å². The number of nitrogens with one attached hydrogen (secondary N) is 1. The number of hydrogen-bond donors (Lipinski definition) is 1. The van der Waals surface area contributed by atoms with Gasteiger partial charge in [0.15, 0.2) is 0 Å². The van der Waals surface area contributed by atoms with E-state index in [2.05, 4.69) is 20.3 Å². The largest absolute Gasteiger partial charge is 0.342 e. The molecule has 0 aliphatic carbocycles. The zero-order valence-electron chi connectivity index (χ0n) is 8.93. The zero-order valence-corrected chi connectivity index (χ0v) is 8.93. The first-order valence-electron chi connectivity index (χ1n) is 4.75. The molecule has 0 aliphatic heterocycles. The van der Waals surface area contributed by atoms with Gasteiger partial charge in [0.1, 0.15) is 11.8 Å². The predicted octanol–water partition coefficient (Wildman–Crippen LogP) is 0.787. The lowest BCUT2D eigenvalue weighted by Gasteiger charge is -2.08. The van der Waals surface area contributed by atoms with Crippen LogP contribution >= 0.6 is 0 Å². The minimum atomic E-state index is 0.292. The third-order valence-electron chi connectivity index (χ3n) is 2.21. The number of H-pyrrole nitrogens is 1. The van der Waals surface area contributed by atoms with Crippen molar-refractivity contribution in [2.45, 2.75) is 6.92 Å². The monoisotopic (exact) mass is 218 g/mol. The van der Waals surface area contributed by atoms with Crippen LogP contribution in [0.1, 0.15) is 12.6 Å². The van der Waals surface area contributed by atoms with E-state index < -0.39 is 0 Å². The summed E-state index contributed by atoms with van der Waals surface area (Å²) in [6, 6.07) is 1.97. The van der Waals surface area contributed by atoms with E-state index in [4.69, 9.17) is 9.78 Å². The van der Waals surface area contributed by atoms with Gasteiger partial charge in [0.05, 0.1) is 11.8 Å². The van der Waals surface area contributed by atoms with Gasteiger partial charge in [-0.25, -0.2) is 0 Å². The molecule has 7 nitrogen and oxygen atoms in total. The van der Waals surface area contributed by atoms with E-state index in [0.29, 0.717) is 23.1 Å². The highest BCUT2D eigenvalue weighted by atomic mass is 16.5. The van der Waals surface area contributed by atoms with E-state index in [9.17, 15) is 0 Å². The van der Waals surface area contributed by atoms with Crippen LogP contribution in [0.3, 0.4) is 0 Å². The second-order valence-electron chi connectivity index (χ2n) is 3.18. The molecule has 1 N–H and O–H groups in total. The summed E-state index contributed by atoms with van der Waals surface area (Å²) in [6.07, 6.45) is 1.49. The lowest BCUT2D eigenvalue weighted by Crippen LogP contribution is -2.16. The summed E-state index contributed by atoms with van der Waals surface area (Å²) in [5, 5.41) is 18.9. The Kier molecular flexibility index (Phi) is 2.55. The van der Waals surface area contributed by atoms with E-state index in [0.717, 1.165) is 6.54 Å². The van der Waals surface area contributed by atoms with E-state index in [1.807, 2.05) is 24.9 Å². The number of aromatic nitrogens is 4. The molecule has 16 heavy (non-hydrogen) atoms. The van der Waals surface area contributed by atoms with Crippen LogP contribution in [0, 0.1) is 11.3 Å². The minimum Gasteiger partial charge on any atom is -0.342 e. The first-order chi connectivity index (χ1) is 7.76. The second kappa shape index (κ2) is 4.02. The molecule has 0 amide bonds. The molecule has 0 fully saturated rings. The quantitative estimate of drug-likeness (QED) is 0.818. The van der Waals surface area contributed by atoms with Crippen molar-refractivity contribution in [3.05, 3.63) is 11.9 Å². The number of aromatic amines is 1. The molecule has 0 spiro atoms. The van der Waals surface area contributed by atoms with Crippen molar-refractivity contribution in [1.82, 2.24) is 20.3 Å². The van der Waals surface area contributed by atoms with Crippen molar-refractivity contribution < 1.29 is 4.52 Å². The van der Waals surface area contributed by atoms with E-state index in [-0.39, 0.29) is 0 Å². The van der Waals surface area contributed by atoms with Crippen LogP contribution in [0.5, 0.6) is 0 Å². The topological polar surface area (TPSA) is 94.6 Å². The molecular weight excluding hydrogens is 208 g/mol. The summed E-state index contributed by atoms with van der Waals surface area (Å²) < 4.78 is 5.06. The first kappa shape index (κ1) is 10.2. The summed E-state index contributed by atoms with van der Waals surface area (Å²) in [7, 11) is 1.86. The first-order valence-corrected chi connectivity index (χ1v) is 4.75. The molecule has 0 atom stereocenters. The molecule has 0 saturated carbocycles. The number of nitriles is 1.